The van der Waals surface area contributed by atoms with Crippen molar-refractivity contribution in [3.05, 3.63) is 32.7 Å². The van der Waals surface area contributed by atoms with E-state index < -0.39 is 11.4 Å². The van der Waals surface area contributed by atoms with Crippen LogP contribution >= 0.6 is 31.9 Å². The lowest BCUT2D eigenvalue weighted by Crippen LogP contribution is -2.42. The molecule has 110 valence electrons. The van der Waals surface area contributed by atoms with Crippen molar-refractivity contribution in [2.24, 2.45) is 5.41 Å². The average Bonchev–Trinajstić information content (AvgIpc) is 2.39. The first-order valence-electron chi connectivity index (χ1n) is 6.33. The van der Waals surface area contributed by atoms with Crippen LogP contribution < -0.4 is 5.32 Å². The van der Waals surface area contributed by atoms with E-state index in [1.807, 2.05) is 13.8 Å². The van der Waals surface area contributed by atoms with E-state index in [-0.39, 0.29) is 12.5 Å². The van der Waals surface area contributed by atoms with Gasteiger partial charge in [-0.15, -0.1) is 0 Å². The van der Waals surface area contributed by atoms with Crippen molar-refractivity contribution in [1.82, 2.24) is 5.32 Å². The molecular weight excluding hydrogens is 390 g/mol. The van der Waals surface area contributed by atoms with Crippen molar-refractivity contribution in [2.75, 3.05) is 6.54 Å². The Bertz CT molecular complexity index is 513. The van der Waals surface area contributed by atoms with Crippen LogP contribution in [0.5, 0.6) is 0 Å². The summed E-state index contributed by atoms with van der Waals surface area (Å²) in [4.78, 5) is 23.5. The van der Waals surface area contributed by atoms with Gasteiger partial charge in [0.1, 0.15) is 0 Å². The van der Waals surface area contributed by atoms with Gasteiger partial charge in [-0.25, -0.2) is 0 Å². The molecule has 4 nitrogen and oxygen atoms in total. The molecule has 0 radical (unpaired) electrons. The molecule has 1 aromatic rings. The van der Waals surface area contributed by atoms with Gasteiger partial charge < -0.3 is 10.4 Å². The normalized spacial score (nSPS) is 11.2. The van der Waals surface area contributed by atoms with Gasteiger partial charge in [-0.2, -0.15) is 0 Å². The molecule has 0 saturated carbocycles. The minimum absolute atomic E-state index is 0.122. The Balaban J connectivity index is 2.83. The average molecular weight is 407 g/mol. The summed E-state index contributed by atoms with van der Waals surface area (Å²) in [7, 11) is 0. The fourth-order valence-electron chi connectivity index (χ4n) is 1.90. The zero-order valence-electron chi connectivity index (χ0n) is 11.4. The summed E-state index contributed by atoms with van der Waals surface area (Å²) in [6.07, 6.45) is 0.946. The molecule has 0 fully saturated rings. The van der Waals surface area contributed by atoms with Gasteiger partial charge >= 0.3 is 5.97 Å². The predicted octanol–water partition coefficient (Wildman–Crippen LogP) is 3.83. The Morgan fingerprint density at radius 2 is 1.85 bits per heavy atom. The SMILES string of the molecule is CCC(CC)(CNC(=O)c1ccc(Br)cc1Br)C(=O)O. The summed E-state index contributed by atoms with van der Waals surface area (Å²) < 4.78 is 1.53. The van der Waals surface area contributed by atoms with Crippen LogP contribution in [0.1, 0.15) is 37.0 Å². The lowest BCUT2D eigenvalue weighted by atomic mass is 9.82. The van der Waals surface area contributed by atoms with Gasteiger partial charge in [0.25, 0.3) is 5.91 Å². The van der Waals surface area contributed by atoms with Crippen LogP contribution in [0.4, 0.5) is 0 Å². The molecule has 1 aromatic carbocycles. The van der Waals surface area contributed by atoms with E-state index in [1.165, 1.54) is 0 Å². The zero-order chi connectivity index (χ0) is 15.3. The molecule has 0 unspecified atom stereocenters. The Morgan fingerprint density at radius 3 is 2.30 bits per heavy atom. The number of carbonyl (C=O) groups is 2. The van der Waals surface area contributed by atoms with Gasteiger partial charge in [0.05, 0.1) is 11.0 Å². The van der Waals surface area contributed by atoms with E-state index in [4.69, 9.17) is 0 Å². The highest BCUT2D eigenvalue weighted by Crippen LogP contribution is 2.26. The molecule has 6 heteroatoms. The van der Waals surface area contributed by atoms with Gasteiger partial charge in [0.15, 0.2) is 0 Å². The molecule has 20 heavy (non-hydrogen) atoms. The second-order valence-electron chi connectivity index (χ2n) is 4.60. The van der Waals surface area contributed by atoms with Crippen molar-refractivity contribution in [1.29, 1.82) is 0 Å². The highest BCUT2D eigenvalue weighted by atomic mass is 79.9. The third-order valence-corrected chi connectivity index (χ3v) is 4.72. The molecule has 0 aliphatic carbocycles. The number of benzene rings is 1. The summed E-state index contributed by atoms with van der Waals surface area (Å²) in [6.45, 7) is 3.76. The first-order valence-corrected chi connectivity index (χ1v) is 7.91. The molecule has 0 aliphatic rings. The lowest BCUT2D eigenvalue weighted by molar-refractivity contribution is -0.149. The lowest BCUT2D eigenvalue weighted by Gasteiger charge is -2.26. The first kappa shape index (κ1) is 17.2. The van der Waals surface area contributed by atoms with Gasteiger partial charge in [-0.05, 0) is 47.0 Å². The number of aliphatic carboxylic acids is 1. The summed E-state index contributed by atoms with van der Waals surface area (Å²) in [6, 6.07) is 5.23. The molecule has 0 spiro atoms. The Labute approximate surface area is 135 Å². The van der Waals surface area contributed by atoms with E-state index in [2.05, 4.69) is 37.2 Å². The maximum absolute atomic E-state index is 12.1. The standard InChI is InChI=1S/C14H17Br2NO3/c1-3-14(4-2,13(19)20)8-17-12(18)10-6-5-9(15)7-11(10)16/h5-7H,3-4,8H2,1-2H3,(H,17,18)(H,19,20). The van der Waals surface area contributed by atoms with Gasteiger partial charge in [0.2, 0.25) is 0 Å². The maximum Gasteiger partial charge on any atom is 0.311 e. The number of carboxylic acid groups (broad SMARTS) is 1. The molecule has 0 atom stereocenters. The third kappa shape index (κ3) is 3.82. The van der Waals surface area contributed by atoms with E-state index in [9.17, 15) is 14.7 Å². The highest BCUT2D eigenvalue weighted by Gasteiger charge is 2.35. The van der Waals surface area contributed by atoms with E-state index in [1.54, 1.807) is 18.2 Å². The molecule has 0 aromatic heterocycles. The number of rotatable bonds is 6. The third-order valence-electron chi connectivity index (χ3n) is 3.57. The summed E-state index contributed by atoms with van der Waals surface area (Å²) >= 11 is 6.64. The first-order chi connectivity index (χ1) is 9.36. The van der Waals surface area contributed by atoms with Crippen molar-refractivity contribution < 1.29 is 14.7 Å². The van der Waals surface area contributed by atoms with Gasteiger partial charge in [-0.1, -0.05) is 29.8 Å². The van der Waals surface area contributed by atoms with Crippen molar-refractivity contribution >= 4 is 43.7 Å². The number of halogens is 2. The number of amides is 1. The summed E-state index contributed by atoms with van der Waals surface area (Å²) in [5, 5.41) is 12.0. The summed E-state index contributed by atoms with van der Waals surface area (Å²) in [5.74, 6) is -1.16. The van der Waals surface area contributed by atoms with Crippen molar-refractivity contribution in [3.63, 3.8) is 0 Å². The molecule has 1 rings (SSSR count). The van der Waals surface area contributed by atoms with E-state index in [0.29, 0.717) is 22.9 Å². The van der Waals surface area contributed by atoms with Crippen LogP contribution in [-0.2, 0) is 4.79 Å². The van der Waals surface area contributed by atoms with Crippen LogP contribution in [0.15, 0.2) is 27.1 Å². The largest absolute Gasteiger partial charge is 0.481 e. The van der Waals surface area contributed by atoms with Crippen molar-refractivity contribution in [3.8, 4) is 0 Å². The number of hydrogen-bond acceptors (Lipinski definition) is 2. The number of hydrogen-bond donors (Lipinski definition) is 2. The van der Waals surface area contributed by atoms with Crippen LogP contribution in [-0.4, -0.2) is 23.5 Å². The Morgan fingerprint density at radius 1 is 1.25 bits per heavy atom. The number of carbonyl (C=O) groups excluding carboxylic acids is 1. The molecule has 2 N–H and O–H groups in total. The molecule has 0 bridgehead atoms. The van der Waals surface area contributed by atoms with Crippen LogP contribution in [0.25, 0.3) is 0 Å². The maximum atomic E-state index is 12.1. The minimum Gasteiger partial charge on any atom is -0.481 e. The molecule has 0 aliphatic heterocycles. The van der Waals surface area contributed by atoms with Crippen molar-refractivity contribution in [2.45, 2.75) is 26.7 Å². The Hall–Kier alpha value is -0.880. The van der Waals surface area contributed by atoms with E-state index >= 15 is 0 Å². The quantitative estimate of drug-likeness (QED) is 0.754. The minimum atomic E-state index is -0.905. The second kappa shape index (κ2) is 7.22. The van der Waals surface area contributed by atoms with Crippen LogP contribution in [0, 0.1) is 5.41 Å². The molecule has 0 heterocycles. The highest BCUT2D eigenvalue weighted by molar-refractivity contribution is 9.11. The second-order valence-corrected chi connectivity index (χ2v) is 6.37. The number of nitrogens with one attached hydrogen (secondary N) is 1. The van der Waals surface area contributed by atoms with E-state index in [0.717, 1.165) is 4.47 Å². The zero-order valence-corrected chi connectivity index (χ0v) is 14.5. The fraction of sp³-hybridized carbons (Fsp3) is 0.429. The van der Waals surface area contributed by atoms with Gasteiger partial charge in [0, 0.05) is 15.5 Å². The smallest absolute Gasteiger partial charge is 0.311 e. The predicted molar refractivity (Wildman–Crippen MR) is 84.8 cm³/mol. The van der Waals surface area contributed by atoms with Crippen LogP contribution in [0.3, 0.4) is 0 Å². The topological polar surface area (TPSA) is 66.4 Å². The molecule has 1 amide bonds. The molecule has 0 saturated heterocycles. The number of carboxylic acids is 1. The van der Waals surface area contributed by atoms with Crippen LogP contribution in [0.2, 0.25) is 0 Å². The summed E-state index contributed by atoms with van der Waals surface area (Å²) in [5.41, 5.74) is -0.419. The van der Waals surface area contributed by atoms with Gasteiger partial charge in [-0.3, -0.25) is 9.59 Å². The monoisotopic (exact) mass is 405 g/mol. The Kier molecular flexibility index (Phi) is 6.20. The fourth-order valence-corrected chi connectivity index (χ4v) is 3.12. The molecular formula is C14H17Br2NO3.